The highest BCUT2D eigenvalue weighted by atomic mass is 35.5. The fourth-order valence-corrected chi connectivity index (χ4v) is 1.93. The molecule has 0 aliphatic heterocycles. The Balaban J connectivity index is 2.11. The van der Waals surface area contributed by atoms with E-state index in [9.17, 15) is 0 Å². The van der Waals surface area contributed by atoms with Gasteiger partial charge in [0, 0.05) is 11.6 Å². The maximum atomic E-state index is 5.97. The molecule has 2 rings (SSSR count). The van der Waals surface area contributed by atoms with E-state index >= 15 is 0 Å². The minimum absolute atomic E-state index is 0.613. The third kappa shape index (κ3) is 2.87. The van der Waals surface area contributed by atoms with Crippen molar-refractivity contribution >= 4 is 23.0 Å². The Hall–Kier alpha value is -1.87. The van der Waals surface area contributed by atoms with Crippen LogP contribution in [-0.2, 0) is 6.54 Å². The number of hydrogen-bond donors (Lipinski definition) is 2. The first-order chi connectivity index (χ1) is 8.70. The topological polar surface area (TPSA) is 47.3 Å². The summed E-state index contributed by atoms with van der Waals surface area (Å²) in [5, 5.41) is 4.00. The summed E-state index contributed by atoms with van der Waals surface area (Å²) in [6.07, 6.45) is 0. The maximum Gasteiger partial charge on any atom is 0.143 e. The van der Waals surface area contributed by atoms with Gasteiger partial charge in [0.1, 0.15) is 5.75 Å². The second-order valence-corrected chi connectivity index (χ2v) is 4.34. The molecule has 3 nitrogen and oxygen atoms in total. The number of anilines is 2. The molecule has 2 aromatic carbocycles. The second kappa shape index (κ2) is 5.65. The van der Waals surface area contributed by atoms with Gasteiger partial charge in [0.05, 0.1) is 18.5 Å². The third-order valence-corrected chi connectivity index (χ3v) is 2.89. The summed E-state index contributed by atoms with van der Waals surface area (Å²) in [6.45, 7) is 0.665. The van der Waals surface area contributed by atoms with Crippen LogP contribution in [0.3, 0.4) is 0 Å². The highest BCUT2D eigenvalue weighted by molar-refractivity contribution is 6.30. The number of methoxy groups -OCH3 is 1. The van der Waals surface area contributed by atoms with Crippen LogP contribution in [0.4, 0.5) is 11.4 Å². The molecule has 0 aliphatic carbocycles. The predicted octanol–water partition coefficient (Wildman–Crippen LogP) is 3.54. The van der Waals surface area contributed by atoms with Crippen LogP contribution in [0.2, 0.25) is 5.02 Å². The minimum atomic E-state index is 0.613. The highest BCUT2D eigenvalue weighted by Crippen LogP contribution is 2.29. The average Bonchev–Trinajstić information content (AvgIpc) is 2.38. The van der Waals surface area contributed by atoms with E-state index in [1.54, 1.807) is 7.11 Å². The molecule has 0 saturated heterocycles. The Morgan fingerprint density at radius 1 is 1.22 bits per heavy atom. The lowest BCUT2D eigenvalue weighted by atomic mass is 10.2. The number of benzene rings is 2. The standard InChI is InChI=1S/C14H15ClN2O/c1-18-13-7-3-6-12(14(13)16)17-9-10-4-2-5-11(15)8-10/h2-8,17H,9,16H2,1H3. The van der Waals surface area contributed by atoms with Gasteiger partial charge < -0.3 is 15.8 Å². The quantitative estimate of drug-likeness (QED) is 0.829. The Labute approximate surface area is 112 Å². The normalized spacial score (nSPS) is 10.1. The van der Waals surface area contributed by atoms with Gasteiger partial charge in [0.25, 0.3) is 0 Å². The molecular formula is C14H15ClN2O. The van der Waals surface area contributed by atoms with Crippen molar-refractivity contribution in [1.29, 1.82) is 0 Å². The summed E-state index contributed by atoms with van der Waals surface area (Å²) in [5.41, 5.74) is 8.54. The van der Waals surface area contributed by atoms with Gasteiger partial charge in [-0.05, 0) is 29.8 Å². The number of ether oxygens (including phenoxy) is 1. The van der Waals surface area contributed by atoms with Crippen LogP contribution in [0.15, 0.2) is 42.5 Å². The van der Waals surface area contributed by atoms with Gasteiger partial charge in [-0.3, -0.25) is 0 Å². The molecule has 0 atom stereocenters. The van der Waals surface area contributed by atoms with E-state index in [1.807, 2.05) is 42.5 Å². The summed E-state index contributed by atoms with van der Waals surface area (Å²) in [5.74, 6) is 0.672. The first-order valence-corrected chi connectivity index (χ1v) is 5.99. The largest absolute Gasteiger partial charge is 0.495 e. The molecule has 18 heavy (non-hydrogen) atoms. The second-order valence-electron chi connectivity index (χ2n) is 3.90. The molecular weight excluding hydrogens is 248 g/mol. The van der Waals surface area contributed by atoms with Crippen molar-refractivity contribution in [2.24, 2.45) is 0 Å². The van der Waals surface area contributed by atoms with Crippen molar-refractivity contribution in [3.05, 3.63) is 53.1 Å². The van der Waals surface area contributed by atoms with Crippen LogP contribution in [-0.4, -0.2) is 7.11 Å². The van der Waals surface area contributed by atoms with Crippen LogP contribution in [0.25, 0.3) is 0 Å². The molecule has 0 fully saturated rings. The zero-order chi connectivity index (χ0) is 13.0. The van der Waals surface area contributed by atoms with Crippen molar-refractivity contribution in [3.63, 3.8) is 0 Å². The molecule has 0 aromatic heterocycles. The lowest BCUT2D eigenvalue weighted by Crippen LogP contribution is -2.03. The van der Waals surface area contributed by atoms with E-state index in [0.29, 0.717) is 18.0 Å². The summed E-state index contributed by atoms with van der Waals surface area (Å²) in [6, 6.07) is 13.4. The van der Waals surface area contributed by atoms with E-state index in [0.717, 1.165) is 16.3 Å². The Morgan fingerprint density at radius 2 is 2.00 bits per heavy atom. The van der Waals surface area contributed by atoms with Crippen molar-refractivity contribution < 1.29 is 4.74 Å². The van der Waals surface area contributed by atoms with E-state index in [1.165, 1.54) is 0 Å². The lowest BCUT2D eigenvalue weighted by Gasteiger charge is -2.12. The van der Waals surface area contributed by atoms with Crippen molar-refractivity contribution in [3.8, 4) is 5.75 Å². The van der Waals surface area contributed by atoms with E-state index in [4.69, 9.17) is 22.1 Å². The average molecular weight is 263 g/mol. The van der Waals surface area contributed by atoms with Gasteiger partial charge in [-0.25, -0.2) is 0 Å². The summed E-state index contributed by atoms with van der Waals surface area (Å²) >= 11 is 5.93. The number of para-hydroxylation sites is 1. The molecule has 0 spiro atoms. The zero-order valence-electron chi connectivity index (χ0n) is 10.1. The molecule has 0 heterocycles. The van der Waals surface area contributed by atoms with Gasteiger partial charge in [0.2, 0.25) is 0 Å². The molecule has 2 aromatic rings. The summed E-state index contributed by atoms with van der Waals surface area (Å²) in [4.78, 5) is 0. The predicted molar refractivity (Wildman–Crippen MR) is 76.2 cm³/mol. The molecule has 4 heteroatoms. The first-order valence-electron chi connectivity index (χ1n) is 5.61. The summed E-state index contributed by atoms with van der Waals surface area (Å²) < 4.78 is 5.17. The molecule has 0 unspecified atom stereocenters. The molecule has 94 valence electrons. The molecule has 0 bridgehead atoms. The number of halogens is 1. The van der Waals surface area contributed by atoms with E-state index < -0.39 is 0 Å². The van der Waals surface area contributed by atoms with Gasteiger partial charge in [-0.1, -0.05) is 29.8 Å². The number of rotatable bonds is 4. The number of nitrogen functional groups attached to an aromatic ring is 1. The number of nitrogens with two attached hydrogens (primary N) is 1. The van der Waals surface area contributed by atoms with Crippen LogP contribution in [0.5, 0.6) is 5.75 Å². The van der Waals surface area contributed by atoms with E-state index in [2.05, 4.69) is 5.32 Å². The molecule has 0 aliphatic rings. The SMILES string of the molecule is COc1cccc(NCc2cccc(Cl)c2)c1N. The monoisotopic (exact) mass is 262 g/mol. The zero-order valence-corrected chi connectivity index (χ0v) is 10.9. The summed E-state index contributed by atoms with van der Waals surface area (Å²) in [7, 11) is 1.60. The first kappa shape index (κ1) is 12.6. The molecule has 0 saturated carbocycles. The van der Waals surface area contributed by atoms with Crippen LogP contribution in [0, 0.1) is 0 Å². The van der Waals surface area contributed by atoms with Gasteiger partial charge in [-0.15, -0.1) is 0 Å². The maximum absolute atomic E-state index is 5.97. The third-order valence-electron chi connectivity index (χ3n) is 2.66. The van der Waals surface area contributed by atoms with Crippen LogP contribution in [0.1, 0.15) is 5.56 Å². The molecule has 0 amide bonds. The van der Waals surface area contributed by atoms with Gasteiger partial charge in [0.15, 0.2) is 0 Å². The molecule has 0 radical (unpaired) electrons. The number of nitrogens with one attached hydrogen (secondary N) is 1. The highest BCUT2D eigenvalue weighted by Gasteiger charge is 2.04. The van der Waals surface area contributed by atoms with Crippen molar-refractivity contribution in [2.75, 3.05) is 18.2 Å². The number of hydrogen-bond acceptors (Lipinski definition) is 3. The smallest absolute Gasteiger partial charge is 0.143 e. The fraction of sp³-hybridized carbons (Fsp3) is 0.143. The minimum Gasteiger partial charge on any atom is -0.495 e. The van der Waals surface area contributed by atoms with Crippen molar-refractivity contribution in [1.82, 2.24) is 0 Å². The van der Waals surface area contributed by atoms with Crippen LogP contribution < -0.4 is 15.8 Å². The molecule has 3 N–H and O–H groups in total. The Bertz CT molecular complexity index is 543. The van der Waals surface area contributed by atoms with E-state index in [-0.39, 0.29) is 0 Å². The van der Waals surface area contributed by atoms with Gasteiger partial charge in [-0.2, -0.15) is 0 Å². The Kier molecular flexibility index (Phi) is 3.95. The van der Waals surface area contributed by atoms with Crippen LogP contribution >= 0.6 is 11.6 Å². The lowest BCUT2D eigenvalue weighted by molar-refractivity contribution is 0.417. The fourth-order valence-electron chi connectivity index (χ4n) is 1.72. The Morgan fingerprint density at radius 3 is 2.72 bits per heavy atom. The van der Waals surface area contributed by atoms with Gasteiger partial charge >= 0.3 is 0 Å². The van der Waals surface area contributed by atoms with Crippen molar-refractivity contribution in [2.45, 2.75) is 6.54 Å².